The summed E-state index contributed by atoms with van der Waals surface area (Å²) in [6.07, 6.45) is 0. The van der Waals surface area contributed by atoms with Crippen molar-refractivity contribution in [2.75, 3.05) is 7.11 Å². The molecule has 0 bridgehead atoms. The van der Waals surface area contributed by atoms with E-state index < -0.39 is 7.12 Å². The third-order valence-corrected chi connectivity index (χ3v) is 2.55. The van der Waals surface area contributed by atoms with Gasteiger partial charge in [-0.05, 0) is 18.2 Å². The van der Waals surface area contributed by atoms with E-state index in [4.69, 9.17) is 26.4 Å². The van der Waals surface area contributed by atoms with Crippen molar-refractivity contribution in [1.82, 2.24) is 4.98 Å². The van der Waals surface area contributed by atoms with Gasteiger partial charge in [-0.2, -0.15) is 0 Å². The topological polar surface area (TPSA) is 65.5 Å². The Morgan fingerprint density at radius 2 is 2.13 bits per heavy atom. The van der Waals surface area contributed by atoms with Gasteiger partial charge in [0, 0.05) is 11.0 Å². The predicted octanol–water partition coefficient (Wildman–Crippen LogP) is 0.510. The monoisotopic (exact) mass is 225 g/mol. The van der Waals surface area contributed by atoms with Crippen LogP contribution in [-0.2, 0) is 0 Å². The van der Waals surface area contributed by atoms with Gasteiger partial charge in [0.1, 0.15) is 5.75 Å². The van der Waals surface area contributed by atoms with Crippen LogP contribution in [0.4, 0.5) is 0 Å². The fourth-order valence-electron chi connectivity index (χ4n) is 1.49. The van der Waals surface area contributed by atoms with Gasteiger partial charge in [0.2, 0.25) is 0 Å². The van der Waals surface area contributed by atoms with Crippen molar-refractivity contribution in [3.05, 3.63) is 23.2 Å². The summed E-state index contributed by atoms with van der Waals surface area (Å²) in [5, 5.41) is 19.3. The Morgan fingerprint density at radius 3 is 2.73 bits per heavy atom. The Hall–Kier alpha value is -1.17. The fourth-order valence-corrected chi connectivity index (χ4v) is 1.70. The first-order chi connectivity index (χ1) is 7.13. The molecule has 78 valence electrons. The Morgan fingerprint density at radius 1 is 1.40 bits per heavy atom. The molecule has 1 aromatic carbocycles. The molecule has 4 nitrogen and oxygen atoms in total. The van der Waals surface area contributed by atoms with Crippen LogP contribution in [-0.4, -0.2) is 29.3 Å². The number of aromatic amines is 1. The first kappa shape index (κ1) is 10.4. The van der Waals surface area contributed by atoms with Crippen molar-refractivity contribution in [1.29, 1.82) is 0 Å². The van der Waals surface area contributed by atoms with Crippen LogP contribution >= 0.6 is 11.6 Å². The number of benzene rings is 1. The number of methoxy groups -OCH3 is 1. The van der Waals surface area contributed by atoms with Gasteiger partial charge in [0.05, 0.1) is 17.6 Å². The van der Waals surface area contributed by atoms with E-state index in [2.05, 4.69) is 4.98 Å². The minimum absolute atomic E-state index is 0.288. The number of hydrogen-bond donors (Lipinski definition) is 3. The molecule has 0 unspecified atom stereocenters. The van der Waals surface area contributed by atoms with Crippen molar-refractivity contribution in [3.8, 4) is 5.75 Å². The maximum Gasteiger partial charge on any atom is 0.505 e. The number of aromatic nitrogens is 1. The normalized spacial score (nSPS) is 10.7. The van der Waals surface area contributed by atoms with Crippen LogP contribution in [0.25, 0.3) is 10.9 Å². The average molecular weight is 225 g/mol. The van der Waals surface area contributed by atoms with E-state index in [-0.39, 0.29) is 5.59 Å². The summed E-state index contributed by atoms with van der Waals surface area (Å²) in [5.41, 5.74) is 0.949. The summed E-state index contributed by atoms with van der Waals surface area (Å²) in [5.74, 6) is 0.612. The number of hydrogen-bond acceptors (Lipinski definition) is 3. The molecule has 15 heavy (non-hydrogen) atoms. The lowest BCUT2D eigenvalue weighted by Gasteiger charge is -2.01. The van der Waals surface area contributed by atoms with Gasteiger partial charge in [-0.3, -0.25) is 0 Å². The molecular weight excluding hydrogens is 216 g/mol. The first-order valence-corrected chi connectivity index (χ1v) is 4.72. The van der Waals surface area contributed by atoms with Gasteiger partial charge in [0.25, 0.3) is 0 Å². The molecule has 0 aliphatic carbocycles. The zero-order valence-electron chi connectivity index (χ0n) is 7.99. The summed E-state index contributed by atoms with van der Waals surface area (Å²) in [6, 6.07) is 5.00. The quantitative estimate of drug-likeness (QED) is 0.653. The highest BCUT2D eigenvalue weighted by Crippen LogP contribution is 2.29. The van der Waals surface area contributed by atoms with Crippen molar-refractivity contribution in [2.24, 2.45) is 0 Å². The Labute approximate surface area is 91.6 Å². The largest absolute Gasteiger partial charge is 0.505 e. The zero-order valence-corrected chi connectivity index (χ0v) is 8.75. The minimum Gasteiger partial charge on any atom is -0.495 e. The third kappa shape index (κ3) is 1.69. The van der Waals surface area contributed by atoms with E-state index >= 15 is 0 Å². The van der Waals surface area contributed by atoms with Crippen LogP contribution < -0.4 is 10.3 Å². The van der Waals surface area contributed by atoms with E-state index in [1.54, 1.807) is 25.3 Å². The smallest absolute Gasteiger partial charge is 0.495 e. The van der Waals surface area contributed by atoms with E-state index in [0.29, 0.717) is 21.7 Å². The highest BCUT2D eigenvalue weighted by atomic mass is 35.5. The van der Waals surface area contributed by atoms with Crippen molar-refractivity contribution >= 4 is 35.2 Å². The number of rotatable bonds is 2. The fraction of sp³-hybridized carbons (Fsp3) is 0.111. The molecule has 0 aliphatic heterocycles. The molecule has 1 heterocycles. The van der Waals surface area contributed by atoms with E-state index in [1.165, 1.54) is 0 Å². The Bertz CT molecular complexity index is 497. The van der Waals surface area contributed by atoms with Crippen molar-refractivity contribution in [3.63, 3.8) is 0 Å². The second kappa shape index (κ2) is 3.77. The number of fused-ring (bicyclic) bond motifs is 1. The molecule has 2 aromatic rings. The molecule has 2 rings (SSSR count). The molecule has 6 heteroatoms. The molecular formula is C9H9BClNO3. The lowest BCUT2D eigenvalue weighted by molar-refractivity contribution is 0.418. The molecule has 0 spiro atoms. The second-order valence-electron chi connectivity index (χ2n) is 3.14. The van der Waals surface area contributed by atoms with Crippen LogP contribution in [0.3, 0.4) is 0 Å². The summed E-state index contributed by atoms with van der Waals surface area (Å²) in [7, 11) is -0.00311. The molecule has 0 saturated carbocycles. The van der Waals surface area contributed by atoms with Crippen LogP contribution in [0.1, 0.15) is 0 Å². The Balaban J connectivity index is 2.72. The standard InChI is InChI=1S/C9H9BClNO3/c1-15-7-3-2-6(11)5-4-8(10(13)14)12-9(5)7/h2-4,12-14H,1H3. The van der Waals surface area contributed by atoms with Crippen molar-refractivity contribution < 1.29 is 14.8 Å². The van der Waals surface area contributed by atoms with E-state index in [9.17, 15) is 0 Å². The summed E-state index contributed by atoms with van der Waals surface area (Å²) in [4.78, 5) is 2.85. The van der Waals surface area contributed by atoms with Crippen LogP contribution in [0.15, 0.2) is 18.2 Å². The molecule has 0 fully saturated rings. The molecule has 1 aromatic heterocycles. The molecule has 0 atom stereocenters. The average Bonchev–Trinajstić information content (AvgIpc) is 2.64. The Kier molecular flexibility index (Phi) is 2.60. The first-order valence-electron chi connectivity index (χ1n) is 4.34. The second-order valence-corrected chi connectivity index (χ2v) is 3.54. The van der Waals surface area contributed by atoms with Gasteiger partial charge in [-0.15, -0.1) is 0 Å². The maximum absolute atomic E-state index is 9.02. The summed E-state index contributed by atoms with van der Waals surface area (Å²) in [6.45, 7) is 0. The lowest BCUT2D eigenvalue weighted by atomic mass is 9.86. The van der Waals surface area contributed by atoms with E-state index in [1.807, 2.05) is 0 Å². The molecule has 0 saturated heterocycles. The van der Waals surface area contributed by atoms with Gasteiger partial charge < -0.3 is 19.8 Å². The third-order valence-electron chi connectivity index (χ3n) is 2.22. The van der Waals surface area contributed by atoms with Crippen molar-refractivity contribution in [2.45, 2.75) is 0 Å². The molecule has 0 aliphatic rings. The number of halogens is 1. The van der Waals surface area contributed by atoms with Gasteiger partial charge in [0.15, 0.2) is 0 Å². The van der Waals surface area contributed by atoms with Crippen LogP contribution in [0, 0.1) is 0 Å². The number of ether oxygens (including phenoxy) is 1. The molecule has 3 N–H and O–H groups in total. The number of nitrogens with one attached hydrogen (secondary N) is 1. The SMILES string of the molecule is COc1ccc(Cl)c2cc(B(O)O)[nH]c12. The van der Waals surface area contributed by atoms with Gasteiger partial charge >= 0.3 is 7.12 Å². The van der Waals surface area contributed by atoms with Crippen LogP contribution in [0.2, 0.25) is 5.02 Å². The number of H-pyrrole nitrogens is 1. The predicted molar refractivity (Wildman–Crippen MR) is 59.7 cm³/mol. The van der Waals surface area contributed by atoms with Crippen LogP contribution in [0.5, 0.6) is 5.75 Å². The highest BCUT2D eigenvalue weighted by Gasteiger charge is 2.17. The maximum atomic E-state index is 9.02. The molecule has 0 amide bonds. The van der Waals surface area contributed by atoms with Gasteiger partial charge in [-0.25, -0.2) is 0 Å². The summed E-state index contributed by atoms with van der Waals surface area (Å²) >= 11 is 5.97. The van der Waals surface area contributed by atoms with Gasteiger partial charge in [-0.1, -0.05) is 11.6 Å². The zero-order chi connectivity index (χ0) is 11.0. The van der Waals surface area contributed by atoms with E-state index in [0.717, 1.165) is 0 Å². The summed E-state index contributed by atoms with van der Waals surface area (Å²) < 4.78 is 5.12. The molecule has 0 radical (unpaired) electrons. The highest BCUT2D eigenvalue weighted by molar-refractivity contribution is 6.58. The minimum atomic E-state index is -1.54. The lowest BCUT2D eigenvalue weighted by Crippen LogP contribution is -2.30.